The van der Waals surface area contributed by atoms with Crippen LogP contribution >= 0.6 is 0 Å². The molecule has 0 N–H and O–H groups in total. The minimum absolute atomic E-state index is 0.196. The molecule has 0 bridgehead atoms. The summed E-state index contributed by atoms with van der Waals surface area (Å²) in [6.45, 7) is 0. The van der Waals surface area contributed by atoms with Crippen LogP contribution in [0.15, 0.2) is 115 Å². The van der Waals surface area contributed by atoms with E-state index in [0.717, 1.165) is 49.0 Å². The Morgan fingerprint density at radius 1 is 0.387 bits per heavy atom. The molecule has 0 aliphatic carbocycles. The number of benzene rings is 6. The first-order chi connectivity index (χ1) is 15.3. The number of hydrogen-bond acceptors (Lipinski definition) is 0. The second kappa shape index (κ2) is 7.07. The summed E-state index contributed by atoms with van der Waals surface area (Å²) < 4.78 is 15.9. The summed E-state index contributed by atoms with van der Waals surface area (Å²) in [7, 11) is 0. The zero-order valence-corrected chi connectivity index (χ0v) is 16.8. The van der Waals surface area contributed by atoms with Gasteiger partial charge in [0.1, 0.15) is 5.82 Å². The van der Waals surface area contributed by atoms with Crippen molar-refractivity contribution in [2.24, 2.45) is 0 Å². The van der Waals surface area contributed by atoms with Gasteiger partial charge in [0.05, 0.1) is 0 Å². The Hall–Kier alpha value is -3.97. The smallest absolute Gasteiger partial charge is 0.132 e. The van der Waals surface area contributed by atoms with Gasteiger partial charge < -0.3 is 0 Å². The molecule has 0 saturated heterocycles. The Bertz CT molecular complexity index is 1580. The van der Waals surface area contributed by atoms with Gasteiger partial charge in [-0.3, -0.25) is 0 Å². The summed E-state index contributed by atoms with van der Waals surface area (Å²) >= 11 is 0. The van der Waals surface area contributed by atoms with Crippen LogP contribution in [0.1, 0.15) is 0 Å². The molecule has 6 aromatic carbocycles. The first-order valence-electron chi connectivity index (χ1n) is 10.5. The molecule has 0 aliphatic rings. The summed E-state index contributed by atoms with van der Waals surface area (Å²) in [6, 6.07) is 38.6. The van der Waals surface area contributed by atoms with Crippen LogP contribution < -0.4 is 0 Å². The van der Waals surface area contributed by atoms with Crippen molar-refractivity contribution in [1.29, 1.82) is 0 Å². The number of rotatable bonds is 2. The van der Waals surface area contributed by atoms with Crippen molar-refractivity contribution in [3.05, 3.63) is 121 Å². The molecule has 6 rings (SSSR count). The van der Waals surface area contributed by atoms with Crippen LogP contribution in [-0.2, 0) is 0 Å². The van der Waals surface area contributed by atoms with Crippen LogP contribution in [0.5, 0.6) is 0 Å². The molecule has 31 heavy (non-hydrogen) atoms. The lowest BCUT2D eigenvalue weighted by Gasteiger charge is -2.16. The summed E-state index contributed by atoms with van der Waals surface area (Å²) in [5.41, 5.74) is 3.57. The summed E-state index contributed by atoms with van der Waals surface area (Å²) in [5, 5.41) is 6.45. The highest BCUT2D eigenvalue weighted by molar-refractivity contribution is 6.12. The van der Waals surface area contributed by atoms with Gasteiger partial charge in [0.2, 0.25) is 0 Å². The molecule has 1 heteroatoms. The average molecular weight is 398 g/mol. The Balaban J connectivity index is 1.72. The van der Waals surface area contributed by atoms with E-state index in [2.05, 4.69) is 48.5 Å². The fourth-order valence-corrected chi connectivity index (χ4v) is 4.74. The van der Waals surface area contributed by atoms with Crippen LogP contribution in [0.4, 0.5) is 4.39 Å². The fraction of sp³-hybridized carbons (Fsp3) is 0. The molecule has 0 saturated carbocycles. The Labute approximate surface area is 180 Å². The maximum atomic E-state index is 15.9. The molecule has 0 unspecified atom stereocenters. The number of fused-ring (bicyclic) bond motifs is 3. The standard InChI is InChI=1S/C30H19F/c31-29-19-28(24-17-7-11-20-9-1-3-13-22(20)24)25-15-5-6-16-27(25)30(29)26-18-8-12-21-10-2-4-14-23(21)26/h1-19H. The second-order valence-electron chi connectivity index (χ2n) is 7.88. The van der Waals surface area contributed by atoms with E-state index in [0.29, 0.717) is 5.56 Å². The Morgan fingerprint density at radius 2 is 0.871 bits per heavy atom. The molecule has 0 aromatic heterocycles. The van der Waals surface area contributed by atoms with Gasteiger partial charge in [0, 0.05) is 5.56 Å². The van der Waals surface area contributed by atoms with Crippen molar-refractivity contribution in [2.45, 2.75) is 0 Å². The predicted molar refractivity (Wildman–Crippen MR) is 130 cm³/mol. The lowest BCUT2D eigenvalue weighted by Crippen LogP contribution is -1.92. The maximum absolute atomic E-state index is 15.9. The van der Waals surface area contributed by atoms with Crippen molar-refractivity contribution in [1.82, 2.24) is 0 Å². The number of halogens is 1. The molecule has 0 aliphatic heterocycles. The van der Waals surface area contributed by atoms with Gasteiger partial charge >= 0.3 is 0 Å². The molecule has 0 amide bonds. The van der Waals surface area contributed by atoms with Gasteiger partial charge in [0.25, 0.3) is 0 Å². The molecular formula is C30H19F. The third kappa shape index (κ3) is 2.82. The molecule has 0 atom stereocenters. The first kappa shape index (κ1) is 17.9. The van der Waals surface area contributed by atoms with Gasteiger partial charge in [0.15, 0.2) is 0 Å². The van der Waals surface area contributed by atoms with E-state index >= 15 is 4.39 Å². The highest BCUT2D eigenvalue weighted by Crippen LogP contribution is 2.41. The fourth-order valence-electron chi connectivity index (χ4n) is 4.74. The normalized spacial score (nSPS) is 11.4. The topological polar surface area (TPSA) is 0 Å². The van der Waals surface area contributed by atoms with Crippen LogP contribution in [0, 0.1) is 5.82 Å². The SMILES string of the molecule is Fc1cc(-c2cccc3ccccc23)c2ccccc2c1-c1cccc2ccccc12. The monoisotopic (exact) mass is 398 g/mol. The zero-order chi connectivity index (χ0) is 20.8. The van der Waals surface area contributed by atoms with Crippen LogP contribution in [0.2, 0.25) is 0 Å². The van der Waals surface area contributed by atoms with E-state index in [1.54, 1.807) is 6.07 Å². The first-order valence-corrected chi connectivity index (χ1v) is 10.5. The minimum Gasteiger partial charge on any atom is -0.206 e. The molecule has 0 fully saturated rings. The predicted octanol–water partition coefficient (Wildman–Crippen LogP) is 8.62. The highest BCUT2D eigenvalue weighted by atomic mass is 19.1. The molecule has 0 nitrogen and oxygen atoms in total. The van der Waals surface area contributed by atoms with E-state index in [9.17, 15) is 0 Å². The summed E-state index contributed by atoms with van der Waals surface area (Å²) in [5.74, 6) is -0.196. The maximum Gasteiger partial charge on any atom is 0.132 e. The largest absolute Gasteiger partial charge is 0.206 e. The van der Waals surface area contributed by atoms with Crippen molar-refractivity contribution in [3.8, 4) is 22.3 Å². The van der Waals surface area contributed by atoms with E-state index in [4.69, 9.17) is 0 Å². The second-order valence-corrected chi connectivity index (χ2v) is 7.88. The molecule has 0 spiro atoms. The lowest BCUT2D eigenvalue weighted by molar-refractivity contribution is 0.633. The van der Waals surface area contributed by atoms with Crippen molar-refractivity contribution < 1.29 is 4.39 Å². The minimum atomic E-state index is -0.196. The zero-order valence-electron chi connectivity index (χ0n) is 16.8. The van der Waals surface area contributed by atoms with E-state index in [1.807, 2.05) is 60.7 Å². The van der Waals surface area contributed by atoms with Crippen LogP contribution in [0.25, 0.3) is 54.6 Å². The molecule has 0 heterocycles. The van der Waals surface area contributed by atoms with E-state index < -0.39 is 0 Å². The highest BCUT2D eigenvalue weighted by Gasteiger charge is 2.17. The van der Waals surface area contributed by atoms with Gasteiger partial charge in [-0.25, -0.2) is 4.39 Å². The van der Waals surface area contributed by atoms with Crippen LogP contribution in [-0.4, -0.2) is 0 Å². The van der Waals surface area contributed by atoms with Gasteiger partial charge in [-0.15, -0.1) is 0 Å². The summed E-state index contributed by atoms with van der Waals surface area (Å²) in [6.07, 6.45) is 0. The molecule has 146 valence electrons. The quantitative estimate of drug-likeness (QED) is 0.274. The average Bonchev–Trinajstić information content (AvgIpc) is 2.83. The molecule has 0 radical (unpaired) electrons. The van der Waals surface area contributed by atoms with Crippen molar-refractivity contribution >= 4 is 32.3 Å². The van der Waals surface area contributed by atoms with Gasteiger partial charge in [-0.05, 0) is 55.1 Å². The number of hydrogen-bond donors (Lipinski definition) is 0. The Kier molecular flexibility index (Phi) is 4.07. The van der Waals surface area contributed by atoms with Gasteiger partial charge in [-0.2, -0.15) is 0 Å². The molecular weight excluding hydrogens is 379 g/mol. The van der Waals surface area contributed by atoms with Gasteiger partial charge in [-0.1, -0.05) is 109 Å². The third-order valence-electron chi connectivity index (χ3n) is 6.14. The van der Waals surface area contributed by atoms with E-state index in [1.165, 1.54) is 0 Å². The molecule has 6 aromatic rings. The summed E-state index contributed by atoms with van der Waals surface area (Å²) in [4.78, 5) is 0. The van der Waals surface area contributed by atoms with Crippen LogP contribution in [0.3, 0.4) is 0 Å². The Morgan fingerprint density at radius 3 is 1.55 bits per heavy atom. The third-order valence-corrected chi connectivity index (χ3v) is 6.14. The van der Waals surface area contributed by atoms with E-state index in [-0.39, 0.29) is 5.82 Å². The van der Waals surface area contributed by atoms with Crippen molar-refractivity contribution in [3.63, 3.8) is 0 Å². The lowest BCUT2D eigenvalue weighted by atomic mass is 9.88. The van der Waals surface area contributed by atoms with Crippen molar-refractivity contribution in [2.75, 3.05) is 0 Å².